The summed E-state index contributed by atoms with van der Waals surface area (Å²) < 4.78 is 15.4. The van der Waals surface area contributed by atoms with Gasteiger partial charge >= 0.3 is 5.97 Å². The highest BCUT2D eigenvalue weighted by Crippen LogP contribution is 2.30. The SMILES string of the molecule is CO/C=C(\C(=O)OC)c1ccccc1Oc1ccccn1. The molecular weight excluding hydrogens is 270 g/mol. The van der Waals surface area contributed by atoms with Crippen LogP contribution in [0.25, 0.3) is 5.57 Å². The van der Waals surface area contributed by atoms with E-state index in [0.29, 0.717) is 17.2 Å². The second kappa shape index (κ2) is 7.09. The molecule has 21 heavy (non-hydrogen) atoms. The van der Waals surface area contributed by atoms with E-state index in [1.54, 1.807) is 36.5 Å². The first-order valence-corrected chi connectivity index (χ1v) is 6.26. The molecule has 1 aromatic carbocycles. The Bertz CT molecular complexity index is 638. The predicted octanol–water partition coefficient (Wildman–Crippen LogP) is 3.03. The van der Waals surface area contributed by atoms with Crippen LogP contribution in [-0.2, 0) is 14.3 Å². The number of esters is 1. The molecule has 0 fully saturated rings. The molecule has 1 aromatic heterocycles. The van der Waals surface area contributed by atoms with E-state index in [0.717, 1.165) is 0 Å². The highest BCUT2D eigenvalue weighted by molar-refractivity contribution is 6.17. The molecule has 0 saturated heterocycles. The van der Waals surface area contributed by atoms with Gasteiger partial charge < -0.3 is 14.2 Å². The van der Waals surface area contributed by atoms with Crippen LogP contribution in [0, 0.1) is 0 Å². The van der Waals surface area contributed by atoms with Crippen molar-refractivity contribution in [3.8, 4) is 11.6 Å². The van der Waals surface area contributed by atoms with Gasteiger partial charge in [-0.1, -0.05) is 24.3 Å². The highest BCUT2D eigenvalue weighted by Gasteiger charge is 2.18. The number of benzene rings is 1. The molecular formula is C16H15NO4. The maximum atomic E-state index is 11.9. The largest absolute Gasteiger partial charge is 0.503 e. The van der Waals surface area contributed by atoms with Gasteiger partial charge in [0.2, 0.25) is 5.88 Å². The smallest absolute Gasteiger partial charge is 0.341 e. The molecule has 0 saturated carbocycles. The van der Waals surface area contributed by atoms with Crippen LogP contribution in [0.15, 0.2) is 54.9 Å². The molecule has 0 bridgehead atoms. The van der Waals surface area contributed by atoms with E-state index in [2.05, 4.69) is 4.98 Å². The summed E-state index contributed by atoms with van der Waals surface area (Å²) in [6, 6.07) is 12.4. The van der Waals surface area contributed by atoms with Gasteiger partial charge in [-0.2, -0.15) is 0 Å². The van der Waals surface area contributed by atoms with Gasteiger partial charge in [0.05, 0.1) is 20.5 Å². The van der Waals surface area contributed by atoms with Crippen LogP contribution in [0.3, 0.4) is 0 Å². The lowest BCUT2D eigenvalue weighted by Crippen LogP contribution is -2.05. The number of nitrogens with zero attached hydrogens (tertiary/aromatic N) is 1. The van der Waals surface area contributed by atoms with E-state index in [9.17, 15) is 4.79 Å². The standard InChI is InChI=1S/C16H15NO4/c1-19-11-13(16(18)20-2)12-7-3-4-8-14(12)21-15-9-5-6-10-17-15/h3-11H,1-2H3/b13-11-. The zero-order valence-corrected chi connectivity index (χ0v) is 11.8. The first-order valence-electron chi connectivity index (χ1n) is 6.26. The third-order valence-electron chi connectivity index (χ3n) is 2.67. The first-order chi connectivity index (χ1) is 10.3. The molecule has 0 atom stereocenters. The molecule has 5 nitrogen and oxygen atoms in total. The number of pyridine rings is 1. The summed E-state index contributed by atoms with van der Waals surface area (Å²) in [5.41, 5.74) is 0.836. The minimum atomic E-state index is -0.506. The fourth-order valence-electron chi connectivity index (χ4n) is 1.75. The maximum Gasteiger partial charge on any atom is 0.341 e. The van der Waals surface area contributed by atoms with Crippen LogP contribution in [0.2, 0.25) is 0 Å². The average Bonchev–Trinajstić information content (AvgIpc) is 2.54. The Kier molecular flexibility index (Phi) is 4.93. The Morgan fingerprint density at radius 1 is 1.10 bits per heavy atom. The van der Waals surface area contributed by atoms with Gasteiger partial charge in [0.1, 0.15) is 11.3 Å². The summed E-state index contributed by atoms with van der Waals surface area (Å²) >= 11 is 0. The zero-order chi connectivity index (χ0) is 15.1. The molecule has 0 radical (unpaired) electrons. The van der Waals surface area contributed by atoms with Crippen molar-refractivity contribution >= 4 is 11.5 Å². The van der Waals surface area contributed by atoms with Crippen LogP contribution in [-0.4, -0.2) is 25.2 Å². The normalized spacial score (nSPS) is 10.9. The Morgan fingerprint density at radius 2 is 1.86 bits per heavy atom. The van der Waals surface area contributed by atoms with E-state index in [1.165, 1.54) is 20.5 Å². The summed E-state index contributed by atoms with van der Waals surface area (Å²) in [4.78, 5) is 16.0. The molecule has 2 aromatic rings. The molecule has 0 aliphatic carbocycles. The van der Waals surface area contributed by atoms with Gasteiger partial charge in [0, 0.05) is 17.8 Å². The molecule has 2 rings (SSSR count). The predicted molar refractivity (Wildman–Crippen MR) is 77.8 cm³/mol. The second-order valence-electron chi connectivity index (χ2n) is 4.03. The van der Waals surface area contributed by atoms with Crippen LogP contribution >= 0.6 is 0 Å². The molecule has 108 valence electrons. The van der Waals surface area contributed by atoms with Crippen molar-refractivity contribution in [1.82, 2.24) is 4.98 Å². The molecule has 0 aliphatic heterocycles. The van der Waals surface area contributed by atoms with Gasteiger partial charge in [-0.25, -0.2) is 9.78 Å². The molecule has 0 N–H and O–H groups in total. The number of methoxy groups -OCH3 is 2. The maximum absolute atomic E-state index is 11.9. The summed E-state index contributed by atoms with van der Waals surface area (Å²) in [6.07, 6.45) is 2.95. The number of para-hydroxylation sites is 1. The van der Waals surface area contributed by atoms with Crippen molar-refractivity contribution in [2.75, 3.05) is 14.2 Å². The van der Waals surface area contributed by atoms with Crippen LogP contribution in [0.4, 0.5) is 0 Å². The number of rotatable bonds is 5. The number of ether oxygens (including phenoxy) is 3. The van der Waals surface area contributed by atoms with Crippen LogP contribution < -0.4 is 4.74 Å². The fraction of sp³-hybridized carbons (Fsp3) is 0.125. The summed E-state index contributed by atoms with van der Waals surface area (Å²) in [5.74, 6) is 0.422. The zero-order valence-electron chi connectivity index (χ0n) is 11.8. The number of carbonyl (C=O) groups excluding carboxylic acids is 1. The minimum absolute atomic E-state index is 0.270. The van der Waals surface area contributed by atoms with Gasteiger partial charge in [0.25, 0.3) is 0 Å². The lowest BCUT2D eigenvalue weighted by Gasteiger charge is -2.11. The first kappa shape index (κ1) is 14.6. The van der Waals surface area contributed by atoms with Gasteiger partial charge in [0.15, 0.2) is 0 Å². The topological polar surface area (TPSA) is 57.7 Å². The summed E-state index contributed by atoms with van der Waals surface area (Å²) in [6.45, 7) is 0. The Morgan fingerprint density at radius 3 is 2.52 bits per heavy atom. The molecule has 0 aliphatic rings. The number of carbonyl (C=O) groups is 1. The van der Waals surface area contributed by atoms with Gasteiger partial charge in [-0.05, 0) is 12.1 Å². The van der Waals surface area contributed by atoms with E-state index in [-0.39, 0.29) is 5.57 Å². The van der Waals surface area contributed by atoms with Crippen molar-refractivity contribution in [2.24, 2.45) is 0 Å². The monoisotopic (exact) mass is 285 g/mol. The Balaban J connectivity index is 2.40. The third kappa shape index (κ3) is 3.60. The number of hydrogen-bond donors (Lipinski definition) is 0. The van der Waals surface area contributed by atoms with Crippen molar-refractivity contribution in [3.63, 3.8) is 0 Å². The van der Waals surface area contributed by atoms with Crippen LogP contribution in [0.1, 0.15) is 5.56 Å². The van der Waals surface area contributed by atoms with Crippen molar-refractivity contribution < 1.29 is 19.0 Å². The van der Waals surface area contributed by atoms with E-state index in [4.69, 9.17) is 14.2 Å². The van der Waals surface area contributed by atoms with Crippen molar-refractivity contribution in [2.45, 2.75) is 0 Å². The Labute approximate surface area is 122 Å². The van der Waals surface area contributed by atoms with Gasteiger partial charge in [-0.15, -0.1) is 0 Å². The molecule has 5 heteroatoms. The highest BCUT2D eigenvalue weighted by atomic mass is 16.5. The average molecular weight is 285 g/mol. The minimum Gasteiger partial charge on any atom is -0.503 e. The lowest BCUT2D eigenvalue weighted by atomic mass is 10.1. The molecule has 1 heterocycles. The van der Waals surface area contributed by atoms with E-state index in [1.807, 2.05) is 12.1 Å². The molecule has 0 amide bonds. The molecule has 0 unspecified atom stereocenters. The Hall–Kier alpha value is -2.82. The van der Waals surface area contributed by atoms with E-state index >= 15 is 0 Å². The summed E-state index contributed by atoms with van der Waals surface area (Å²) in [5, 5.41) is 0. The van der Waals surface area contributed by atoms with Crippen LogP contribution in [0.5, 0.6) is 11.6 Å². The second-order valence-corrected chi connectivity index (χ2v) is 4.03. The molecule has 0 spiro atoms. The number of aromatic nitrogens is 1. The quantitative estimate of drug-likeness (QED) is 0.480. The lowest BCUT2D eigenvalue weighted by molar-refractivity contribution is -0.133. The van der Waals surface area contributed by atoms with Crippen molar-refractivity contribution in [1.29, 1.82) is 0 Å². The van der Waals surface area contributed by atoms with E-state index < -0.39 is 5.97 Å². The number of hydrogen-bond acceptors (Lipinski definition) is 5. The van der Waals surface area contributed by atoms with Gasteiger partial charge in [-0.3, -0.25) is 0 Å². The third-order valence-corrected chi connectivity index (χ3v) is 2.67. The summed E-state index contributed by atoms with van der Waals surface area (Å²) in [7, 11) is 2.78. The van der Waals surface area contributed by atoms with Crippen molar-refractivity contribution in [3.05, 3.63) is 60.5 Å². The fourth-order valence-corrected chi connectivity index (χ4v) is 1.75.